The van der Waals surface area contributed by atoms with E-state index in [1.54, 1.807) is 17.0 Å². The highest BCUT2D eigenvalue weighted by Gasteiger charge is 2.31. The van der Waals surface area contributed by atoms with Gasteiger partial charge < -0.3 is 10.2 Å². The van der Waals surface area contributed by atoms with Crippen molar-refractivity contribution in [2.45, 2.75) is 10.7 Å². The molecule has 2 aromatic carbocycles. The van der Waals surface area contributed by atoms with Crippen LogP contribution in [-0.4, -0.2) is 57.7 Å². The smallest absolute Gasteiger partial charge is 0.341 e. The van der Waals surface area contributed by atoms with Crippen LogP contribution in [0.5, 0.6) is 0 Å². The molecule has 0 aromatic heterocycles. The number of nitrogens with one attached hydrogen (secondary N) is 1. The van der Waals surface area contributed by atoms with Gasteiger partial charge in [-0.25, -0.2) is 12.8 Å². The number of carbonyl (C=O) groups is 1. The molecule has 10 heteroatoms. The lowest BCUT2D eigenvalue weighted by Gasteiger charge is -2.36. The molecule has 1 aliphatic heterocycles. The van der Waals surface area contributed by atoms with E-state index in [0.29, 0.717) is 26.2 Å². The van der Waals surface area contributed by atoms with Crippen molar-refractivity contribution >= 4 is 27.1 Å². The Kier molecular flexibility index (Phi) is 6.43. The molecule has 1 aliphatic rings. The average molecular weight is 427 g/mol. The van der Waals surface area contributed by atoms with Gasteiger partial charge in [0.1, 0.15) is 5.82 Å². The van der Waals surface area contributed by atoms with Crippen LogP contribution in [0.25, 0.3) is 0 Å². The van der Waals surface area contributed by atoms with Gasteiger partial charge >= 0.3 is 5.76 Å². The molecule has 1 saturated heterocycles. The number of halogens is 3. The topological polar surface area (TPSA) is 69.7 Å². The number of carbonyl (C=O) groups excluding carboxylic acids is 1. The molecule has 1 heterocycles. The predicted molar refractivity (Wildman–Crippen MR) is 103 cm³/mol. The minimum atomic E-state index is -4.72. The van der Waals surface area contributed by atoms with Crippen LogP contribution in [-0.2, 0) is 14.6 Å². The minimum Gasteiger partial charge on any atom is -0.368 e. The molecular weight excluding hydrogens is 407 g/mol. The third-order valence-corrected chi connectivity index (χ3v) is 6.06. The van der Waals surface area contributed by atoms with E-state index < -0.39 is 26.3 Å². The van der Waals surface area contributed by atoms with Gasteiger partial charge in [-0.3, -0.25) is 9.69 Å². The van der Waals surface area contributed by atoms with Crippen molar-refractivity contribution < 1.29 is 26.4 Å². The summed E-state index contributed by atoms with van der Waals surface area (Å²) in [4.78, 5) is 15.3. The first kappa shape index (κ1) is 21.1. The molecule has 1 N–H and O–H groups in total. The Balaban J connectivity index is 1.62. The lowest BCUT2D eigenvalue weighted by Crippen LogP contribution is -2.49. The Bertz CT molecular complexity index is 977. The van der Waals surface area contributed by atoms with Crippen molar-refractivity contribution in [3.8, 4) is 0 Å². The van der Waals surface area contributed by atoms with E-state index in [1.165, 1.54) is 36.4 Å². The zero-order chi connectivity index (χ0) is 21.0. The second-order valence-electron chi connectivity index (χ2n) is 6.56. The summed E-state index contributed by atoms with van der Waals surface area (Å²) >= 11 is 0. The van der Waals surface area contributed by atoms with Crippen LogP contribution in [0.4, 0.5) is 24.5 Å². The fourth-order valence-electron chi connectivity index (χ4n) is 3.16. The monoisotopic (exact) mass is 427 g/mol. The molecule has 29 heavy (non-hydrogen) atoms. The number of para-hydroxylation sites is 2. The summed E-state index contributed by atoms with van der Waals surface area (Å²) in [7, 11) is -4.72. The normalized spacial score (nSPS) is 15.5. The molecule has 6 nitrogen and oxygen atoms in total. The van der Waals surface area contributed by atoms with Gasteiger partial charge in [0, 0.05) is 26.2 Å². The third kappa shape index (κ3) is 4.88. The van der Waals surface area contributed by atoms with Crippen molar-refractivity contribution in [1.82, 2.24) is 4.90 Å². The van der Waals surface area contributed by atoms with E-state index in [1.807, 2.05) is 4.90 Å². The fraction of sp³-hybridized carbons (Fsp3) is 0.316. The van der Waals surface area contributed by atoms with Gasteiger partial charge in [-0.1, -0.05) is 24.3 Å². The quantitative estimate of drug-likeness (QED) is 0.768. The lowest BCUT2D eigenvalue weighted by atomic mass is 10.2. The maximum atomic E-state index is 13.6. The van der Waals surface area contributed by atoms with Gasteiger partial charge in [0.2, 0.25) is 15.7 Å². The number of hydrogen-bond acceptors (Lipinski definition) is 5. The molecule has 0 bridgehead atoms. The Morgan fingerprint density at radius 3 is 2.28 bits per heavy atom. The number of piperazine rings is 1. The van der Waals surface area contributed by atoms with Crippen LogP contribution >= 0.6 is 0 Å². The highest BCUT2D eigenvalue weighted by Crippen LogP contribution is 2.29. The van der Waals surface area contributed by atoms with Gasteiger partial charge in [-0.05, 0) is 24.3 Å². The number of alkyl halides is 2. The third-order valence-electron chi connectivity index (χ3n) is 4.63. The second kappa shape index (κ2) is 8.83. The van der Waals surface area contributed by atoms with E-state index >= 15 is 0 Å². The largest absolute Gasteiger partial charge is 0.368 e. The average Bonchev–Trinajstić information content (AvgIpc) is 2.70. The summed E-state index contributed by atoms with van der Waals surface area (Å²) in [6.07, 6.45) is 0. The van der Waals surface area contributed by atoms with Gasteiger partial charge in [-0.2, -0.15) is 8.78 Å². The molecule has 1 amide bonds. The maximum absolute atomic E-state index is 13.6. The van der Waals surface area contributed by atoms with Gasteiger partial charge in [-0.15, -0.1) is 0 Å². The van der Waals surface area contributed by atoms with Gasteiger partial charge in [0.25, 0.3) is 0 Å². The SMILES string of the molecule is O=C(CN1CCN(c2ccccc2S(=O)(=O)C(F)F)CC1)Nc1ccccc1F. The number of rotatable bonds is 6. The van der Waals surface area contributed by atoms with Gasteiger partial charge in [0.05, 0.1) is 22.8 Å². The summed E-state index contributed by atoms with van der Waals surface area (Å²) < 4.78 is 63.4. The molecule has 0 atom stereocenters. The summed E-state index contributed by atoms with van der Waals surface area (Å²) in [5.74, 6) is -4.39. The zero-order valence-electron chi connectivity index (χ0n) is 15.4. The van der Waals surface area contributed by atoms with Crippen LogP contribution in [0, 0.1) is 5.82 Å². The van der Waals surface area contributed by atoms with Crippen molar-refractivity contribution in [2.24, 2.45) is 0 Å². The van der Waals surface area contributed by atoms with E-state index in [9.17, 15) is 26.4 Å². The number of benzene rings is 2. The molecule has 3 rings (SSSR count). The van der Waals surface area contributed by atoms with Crippen LogP contribution in [0.2, 0.25) is 0 Å². The Labute approximate surface area is 166 Å². The number of amides is 1. The molecular formula is C19H20F3N3O3S. The lowest BCUT2D eigenvalue weighted by molar-refractivity contribution is -0.117. The van der Waals surface area contributed by atoms with Crippen molar-refractivity contribution in [3.63, 3.8) is 0 Å². The van der Waals surface area contributed by atoms with Crippen molar-refractivity contribution in [3.05, 3.63) is 54.3 Å². The van der Waals surface area contributed by atoms with Crippen molar-refractivity contribution in [2.75, 3.05) is 42.9 Å². The molecule has 0 spiro atoms. The fourth-order valence-corrected chi connectivity index (χ4v) is 4.11. The van der Waals surface area contributed by atoms with E-state index in [0.717, 1.165) is 0 Å². The van der Waals surface area contributed by atoms with Crippen LogP contribution in [0.3, 0.4) is 0 Å². The Morgan fingerprint density at radius 1 is 1.00 bits per heavy atom. The highest BCUT2D eigenvalue weighted by atomic mass is 32.2. The number of anilines is 2. The summed E-state index contributed by atoms with van der Waals surface area (Å²) in [5, 5.41) is 2.51. The standard InChI is InChI=1S/C19H20F3N3O3S/c20-14-5-1-2-6-15(14)23-18(26)13-24-9-11-25(12-10-24)16-7-3-4-8-17(16)29(27,28)19(21)22/h1-8,19H,9-13H2,(H,23,26). The summed E-state index contributed by atoms with van der Waals surface area (Å²) in [6, 6.07) is 11.5. The second-order valence-corrected chi connectivity index (χ2v) is 8.45. The highest BCUT2D eigenvalue weighted by molar-refractivity contribution is 7.91. The molecule has 0 saturated carbocycles. The first-order valence-electron chi connectivity index (χ1n) is 8.92. The minimum absolute atomic E-state index is 0.0408. The first-order valence-corrected chi connectivity index (χ1v) is 10.5. The molecule has 0 aliphatic carbocycles. The van der Waals surface area contributed by atoms with Gasteiger partial charge in [0.15, 0.2) is 0 Å². The van der Waals surface area contributed by atoms with Crippen LogP contribution in [0.15, 0.2) is 53.4 Å². The Morgan fingerprint density at radius 2 is 1.62 bits per heavy atom. The van der Waals surface area contributed by atoms with Crippen LogP contribution < -0.4 is 10.2 Å². The zero-order valence-corrected chi connectivity index (χ0v) is 16.2. The first-order chi connectivity index (χ1) is 13.8. The molecule has 156 valence electrons. The van der Waals surface area contributed by atoms with E-state index in [4.69, 9.17) is 0 Å². The molecule has 1 fully saturated rings. The molecule has 0 unspecified atom stereocenters. The number of nitrogens with zero attached hydrogens (tertiary/aromatic N) is 2. The molecule has 2 aromatic rings. The molecule has 0 radical (unpaired) electrons. The Hall–Kier alpha value is -2.59. The van der Waals surface area contributed by atoms with Crippen LogP contribution in [0.1, 0.15) is 0 Å². The predicted octanol–water partition coefficient (Wildman–Crippen LogP) is 2.58. The number of sulfone groups is 1. The van der Waals surface area contributed by atoms with Crippen molar-refractivity contribution in [1.29, 1.82) is 0 Å². The number of hydrogen-bond donors (Lipinski definition) is 1. The maximum Gasteiger partial charge on any atom is 0.341 e. The summed E-state index contributed by atoms with van der Waals surface area (Å²) in [6.45, 7) is 1.62. The van der Waals surface area contributed by atoms with E-state index in [2.05, 4.69) is 5.32 Å². The van der Waals surface area contributed by atoms with E-state index in [-0.39, 0.29) is 23.8 Å². The summed E-state index contributed by atoms with van der Waals surface area (Å²) in [5.41, 5.74) is 0.325.